The van der Waals surface area contributed by atoms with Gasteiger partial charge in [-0.15, -0.1) is 0 Å². The standard InChI is InChI=1S/C27H38O4/c1-6-9-17(3)26-27(5,31-26)24-18(4)15-19-14-16(2)12-13-20(19)23(24)25-21(30-25)10-7-8-11-22(28)29/h7-8,10-12,15,17,19-21,23-26H,6,9,13-14H2,1-5H3,(H,28,29)/b10-7+,11-8+/t17-,19+,20-,21?,23+,24-,25?,26-,27-/m1/s1. The molecule has 9 atom stereocenters. The van der Waals surface area contributed by atoms with Crippen molar-refractivity contribution >= 4 is 5.97 Å². The van der Waals surface area contributed by atoms with Crippen LogP contribution in [0.25, 0.3) is 0 Å². The number of aliphatic carboxylic acids is 1. The fourth-order valence-electron chi connectivity index (χ4n) is 6.69. The van der Waals surface area contributed by atoms with Gasteiger partial charge in [-0.3, -0.25) is 0 Å². The summed E-state index contributed by atoms with van der Waals surface area (Å²) in [6.45, 7) is 11.5. The Morgan fingerprint density at radius 1 is 1.35 bits per heavy atom. The molecule has 2 fully saturated rings. The second kappa shape index (κ2) is 8.71. The van der Waals surface area contributed by atoms with Gasteiger partial charge in [-0.2, -0.15) is 0 Å². The molecule has 0 aromatic rings. The van der Waals surface area contributed by atoms with Crippen LogP contribution in [0.2, 0.25) is 0 Å². The fourth-order valence-corrected chi connectivity index (χ4v) is 6.69. The summed E-state index contributed by atoms with van der Waals surface area (Å²) in [7, 11) is 0. The minimum Gasteiger partial charge on any atom is -0.478 e. The van der Waals surface area contributed by atoms with Gasteiger partial charge in [0.05, 0.1) is 17.8 Å². The highest BCUT2D eigenvalue weighted by atomic mass is 16.6. The van der Waals surface area contributed by atoms with Gasteiger partial charge in [-0.25, -0.2) is 4.79 Å². The summed E-state index contributed by atoms with van der Waals surface area (Å²) in [4.78, 5) is 10.7. The summed E-state index contributed by atoms with van der Waals surface area (Å²) in [5.41, 5.74) is 2.86. The predicted octanol–water partition coefficient (Wildman–Crippen LogP) is 5.71. The molecule has 4 aliphatic rings. The maximum Gasteiger partial charge on any atom is 0.328 e. The van der Waals surface area contributed by atoms with Gasteiger partial charge < -0.3 is 14.6 Å². The molecule has 4 rings (SSSR count). The molecule has 0 saturated carbocycles. The second-order valence-corrected chi connectivity index (χ2v) is 10.4. The first kappa shape index (κ1) is 22.5. The second-order valence-electron chi connectivity index (χ2n) is 10.4. The van der Waals surface area contributed by atoms with Crippen molar-refractivity contribution in [2.75, 3.05) is 0 Å². The molecule has 0 amide bonds. The Kier molecular flexibility index (Phi) is 6.33. The summed E-state index contributed by atoms with van der Waals surface area (Å²) >= 11 is 0. The fraction of sp³-hybridized carbons (Fsp3) is 0.667. The molecular formula is C27H38O4. The molecule has 4 nitrogen and oxygen atoms in total. The summed E-state index contributed by atoms with van der Waals surface area (Å²) < 4.78 is 12.7. The molecule has 1 N–H and O–H groups in total. The van der Waals surface area contributed by atoms with Crippen molar-refractivity contribution in [1.29, 1.82) is 0 Å². The highest BCUT2D eigenvalue weighted by Gasteiger charge is 2.66. The monoisotopic (exact) mass is 426 g/mol. The molecule has 170 valence electrons. The summed E-state index contributed by atoms with van der Waals surface area (Å²) in [5.74, 6) is 1.62. The smallest absolute Gasteiger partial charge is 0.328 e. The van der Waals surface area contributed by atoms with Crippen LogP contribution < -0.4 is 0 Å². The van der Waals surface area contributed by atoms with Crippen LogP contribution in [0.4, 0.5) is 0 Å². The molecule has 0 spiro atoms. The van der Waals surface area contributed by atoms with E-state index in [-0.39, 0.29) is 17.8 Å². The van der Waals surface area contributed by atoms with Crippen molar-refractivity contribution in [2.45, 2.75) is 84.2 Å². The van der Waals surface area contributed by atoms with Crippen LogP contribution in [0.1, 0.15) is 60.3 Å². The SMILES string of the molecule is CCC[C@@H](C)[C@H]1O[C@]1(C)[C@@H]1C(C)=C[C@@H]2CC(C)=CC[C@H]2[C@@H]1C1OC1/C=C/C=C/C(=O)O. The van der Waals surface area contributed by atoms with Crippen LogP contribution in [0.15, 0.2) is 47.6 Å². The average molecular weight is 427 g/mol. The molecule has 2 aliphatic carbocycles. The van der Waals surface area contributed by atoms with E-state index in [1.165, 1.54) is 24.0 Å². The van der Waals surface area contributed by atoms with Crippen LogP contribution >= 0.6 is 0 Å². The normalized spacial score (nSPS) is 42.8. The van der Waals surface area contributed by atoms with Crippen LogP contribution in [-0.4, -0.2) is 35.0 Å². The Hall–Kier alpha value is -1.65. The summed E-state index contributed by atoms with van der Waals surface area (Å²) in [6.07, 6.45) is 16.8. The van der Waals surface area contributed by atoms with Crippen molar-refractivity contribution in [3.05, 3.63) is 47.6 Å². The Balaban J connectivity index is 1.58. The van der Waals surface area contributed by atoms with E-state index in [9.17, 15) is 4.79 Å². The third-order valence-corrected chi connectivity index (χ3v) is 8.05. The van der Waals surface area contributed by atoms with E-state index in [2.05, 4.69) is 46.8 Å². The molecule has 0 aromatic carbocycles. The number of hydrogen-bond donors (Lipinski definition) is 1. The Morgan fingerprint density at radius 2 is 2.13 bits per heavy atom. The number of ether oxygens (including phenoxy) is 2. The first-order valence-electron chi connectivity index (χ1n) is 12.0. The molecule has 2 heterocycles. The van der Waals surface area contributed by atoms with Crippen LogP contribution in [-0.2, 0) is 14.3 Å². The van der Waals surface area contributed by atoms with E-state index in [0.29, 0.717) is 35.7 Å². The van der Waals surface area contributed by atoms with Gasteiger partial charge in [0.1, 0.15) is 6.10 Å². The molecule has 2 aliphatic heterocycles. The minimum absolute atomic E-state index is 0.0679. The highest BCUT2D eigenvalue weighted by molar-refractivity contribution is 5.80. The topological polar surface area (TPSA) is 62.4 Å². The van der Waals surface area contributed by atoms with Crippen molar-refractivity contribution in [3.8, 4) is 0 Å². The zero-order valence-corrected chi connectivity index (χ0v) is 19.6. The number of hydrogen-bond acceptors (Lipinski definition) is 3. The number of fused-ring (bicyclic) bond motifs is 1. The lowest BCUT2D eigenvalue weighted by Gasteiger charge is -2.45. The van der Waals surface area contributed by atoms with Crippen molar-refractivity contribution in [2.24, 2.45) is 29.6 Å². The Bertz CT molecular complexity index is 821. The molecule has 2 saturated heterocycles. The first-order valence-corrected chi connectivity index (χ1v) is 12.0. The van der Waals surface area contributed by atoms with E-state index < -0.39 is 5.97 Å². The van der Waals surface area contributed by atoms with Crippen LogP contribution in [0.3, 0.4) is 0 Å². The molecular weight excluding hydrogens is 388 g/mol. The third kappa shape index (κ3) is 4.47. The molecule has 0 bridgehead atoms. The lowest BCUT2D eigenvalue weighted by atomic mass is 9.58. The van der Waals surface area contributed by atoms with E-state index in [1.54, 1.807) is 6.08 Å². The van der Waals surface area contributed by atoms with Crippen LogP contribution in [0.5, 0.6) is 0 Å². The quantitative estimate of drug-likeness (QED) is 0.234. The number of carbonyl (C=O) groups is 1. The van der Waals surface area contributed by atoms with Crippen molar-refractivity contribution < 1.29 is 19.4 Å². The van der Waals surface area contributed by atoms with E-state index >= 15 is 0 Å². The van der Waals surface area contributed by atoms with Gasteiger partial charge in [0.2, 0.25) is 0 Å². The number of rotatable bonds is 8. The third-order valence-electron chi connectivity index (χ3n) is 8.05. The minimum atomic E-state index is -0.927. The molecule has 2 unspecified atom stereocenters. The number of carboxylic acid groups (broad SMARTS) is 1. The van der Waals surface area contributed by atoms with Gasteiger partial charge in [-0.05, 0) is 57.8 Å². The lowest BCUT2D eigenvalue weighted by Crippen LogP contribution is -2.45. The highest BCUT2D eigenvalue weighted by Crippen LogP contribution is 2.60. The predicted molar refractivity (Wildman–Crippen MR) is 123 cm³/mol. The maximum atomic E-state index is 10.7. The number of allylic oxidation sites excluding steroid dienone is 5. The van der Waals surface area contributed by atoms with Gasteiger partial charge in [-0.1, -0.05) is 61.8 Å². The molecule has 0 aromatic heterocycles. The van der Waals surface area contributed by atoms with E-state index in [4.69, 9.17) is 14.6 Å². The van der Waals surface area contributed by atoms with Crippen LogP contribution in [0, 0.1) is 29.6 Å². The van der Waals surface area contributed by atoms with E-state index in [0.717, 1.165) is 18.9 Å². The van der Waals surface area contributed by atoms with Crippen molar-refractivity contribution in [3.63, 3.8) is 0 Å². The summed E-state index contributed by atoms with van der Waals surface area (Å²) in [6, 6.07) is 0. The van der Waals surface area contributed by atoms with Gasteiger partial charge in [0, 0.05) is 17.9 Å². The Morgan fingerprint density at radius 3 is 2.84 bits per heavy atom. The Labute approximate surface area is 187 Å². The molecule has 4 heteroatoms. The van der Waals surface area contributed by atoms with E-state index in [1.807, 2.05) is 12.2 Å². The maximum absolute atomic E-state index is 10.7. The lowest BCUT2D eigenvalue weighted by molar-refractivity contribution is -0.131. The van der Waals surface area contributed by atoms with Gasteiger partial charge in [0.25, 0.3) is 0 Å². The zero-order chi connectivity index (χ0) is 22.3. The first-order chi connectivity index (χ1) is 14.8. The number of carboxylic acids is 1. The zero-order valence-electron chi connectivity index (χ0n) is 19.6. The largest absolute Gasteiger partial charge is 0.478 e. The van der Waals surface area contributed by atoms with Gasteiger partial charge >= 0.3 is 5.97 Å². The number of epoxide rings is 2. The van der Waals surface area contributed by atoms with Gasteiger partial charge in [0.15, 0.2) is 0 Å². The molecule has 31 heavy (non-hydrogen) atoms. The molecule has 0 radical (unpaired) electrons. The summed E-state index contributed by atoms with van der Waals surface area (Å²) in [5, 5.41) is 8.79. The van der Waals surface area contributed by atoms with Crippen molar-refractivity contribution in [1.82, 2.24) is 0 Å². The average Bonchev–Trinajstić information content (AvgIpc) is 3.60.